The highest BCUT2D eigenvalue weighted by molar-refractivity contribution is 5.99. The molecule has 0 atom stereocenters. The van der Waals surface area contributed by atoms with E-state index < -0.39 is 19.2 Å². The molecule has 0 saturated carbocycles. The van der Waals surface area contributed by atoms with Crippen molar-refractivity contribution in [3.8, 4) is 5.75 Å². The van der Waals surface area contributed by atoms with Crippen LogP contribution in [0.2, 0.25) is 0 Å². The van der Waals surface area contributed by atoms with E-state index >= 15 is 0 Å². The maximum atomic E-state index is 11.9. The SMILES string of the molecule is N/C(=N/O)c1ccncc1OCCC(F)(F)F. The number of alkyl halides is 3. The number of halogens is 3. The number of aromatic nitrogens is 1. The molecule has 0 aliphatic rings. The van der Waals surface area contributed by atoms with Crippen molar-refractivity contribution >= 4 is 5.84 Å². The lowest BCUT2D eigenvalue weighted by atomic mass is 10.2. The van der Waals surface area contributed by atoms with Crippen molar-refractivity contribution in [1.82, 2.24) is 4.98 Å². The minimum Gasteiger partial charge on any atom is -0.491 e. The van der Waals surface area contributed by atoms with Crippen LogP contribution in [0.3, 0.4) is 0 Å². The van der Waals surface area contributed by atoms with Crippen LogP contribution in [0.25, 0.3) is 0 Å². The highest BCUT2D eigenvalue weighted by Crippen LogP contribution is 2.21. The third-order valence-electron chi connectivity index (χ3n) is 1.81. The molecule has 1 aromatic heterocycles. The minimum atomic E-state index is -4.29. The minimum absolute atomic E-state index is 0.0343. The van der Waals surface area contributed by atoms with Gasteiger partial charge in [0.1, 0.15) is 5.75 Å². The average molecular weight is 249 g/mol. The second-order valence-electron chi connectivity index (χ2n) is 3.07. The molecular weight excluding hydrogens is 239 g/mol. The first-order valence-electron chi connectivity index (χ1n) is 4.55. The van der Waals surface area contributed by atoms with Crippen LogP contribution in [0.5, 0.6) is 5.75 Å². The molecule has 17 heavy (non-hydrogen) atoms. The van der Waals surface area contributed by atoms with Crippen molar-refractivity contribution in [1.29, 1.82) is 0 Å². The van der Waals surface area contributed by atoms with Crippen LogP contribution < -0.4 is 10.5 Å². The van der Waals surface area contributed by atoms with Crippen LogP contribution in [-0.2, 0) is 0 Å². The van der Waals surface area contributed by atoms with E-state index in [-0.39, 0.29) is 17.1 Å². The van der Waals surface area contributed by atoms with Crippen LogP contribution in [0.4, 0.5) is 13.2 Å². The van der Waals surface area contributed by atoms with Gasteiger partial charge in [0.2, 0.25) is 0 Å². The summed E-state index contributed by atoms with van der Waals surface area (Å²) in [5.41, 5.74) is 5.51. The second kappa shape index (κ2) is 5.37. The van der Waals surface area contributed by atoms with E-state index in [1.165, 1.54) is 18.5 Å². The Hall–Kier alpha value is -1.99. The summed E-state index contributed by atoms with van der Waals surface area (Å²) in [7, 11) is 0. The Morgan fingerprint density at radius 2 is 2.24 bits per heavy atom. The number of amidine groups is 1. The summed E-state index contributed by atoms with van der Waals surface area (Å²) in [6, 6.07) is 1.37. The smallest absolute Gasteiger partial charge is 0.392 e. The van der Waals surface area contributed by atoms with E-state index in [2.05, 4.69) is 10.1 Å². The molecule has 0 unspecified atom stereocenters. The van der Waals surface area contributed by atoms with Gasteiger partial charge in [-0.2, -0.15) is 13.2 Å². The Kier molecular flexibility index (Phi) is 4.13. The van der Waals surface area contributed by atoms with Crippen LogP contribution in [-0.4, -0.2) is 28.8 Å². The molecule has 5 nitrogen and oxygen atoms in total. The Morgan fingerprint density at radius 1 is 1.53 bits per heavy atom. The number of ether oxygens (including phenoxy) is 1. The zero-order valence-corrected chi connectivity index (χ0v) is 8.61. The molecule has 0 fully saturated rings. The van der Waals surface area contributed by atoms with E-state index in [0.717, 1.165) is 0 Å². The fourth-order valence-corrected chi connectivity index (χ4v) is 1.04. The van der Waals surface area contributed by atoms with E-state index in [9.17, 15) is 13.2 Å². The molecule has 1 heterocycles. The van der Waals surface area contributed by atoms with E-state index in [4.69, 9.17) is 15.7 Å². The molecule has 0 radical (unpaired) electrons. The number of nitrogens with zero attached hydrogens (tertiary/aromatic N) is 2. The van der Waals surface area contributed by atoms with Crippen LogP contribution >= 0.6 is 0 Å². The normalized spacial score (nSPS) is 12.5. The lowest BCUT2D eigenvalue weighted by Gasteiger charge is -2.11. The molecule has 0 bridgehead atoms. The second-order valence-corrected chi connectivity index (χ2v) is 3.07. The molecule has 0 amide bonds. The number of nitrogens with two attached hydrogens (primary N) is 1. The first-order chi connectivity index (χ1) is 7.94. The summed E-state index contributed by atoms with van der Waals surface area (Å²) < 4.78 is 40.6. The standard InChI is InChI=1S/C9H10F3N3O2/c10-9(11,12)2-4-17-7-5-14-3-1-6(7)8(13)15-16/h1,3,5,16H,2,4H2,(H2,13,15). The Bertz CT molecular complexity index is 407. The van der Waals surface area contributed by atoms with Gasteiger partial charge in [0.05, 0.1) is 24.8 Å². The topological polar surface area (TPSA) is 80.7 Å². The van der Waals surface area contributed by atoms with Gasteiger partial charge in [0, 0.05) is 6.20 Å². The lowest BCUT2D eigenvalue weighted by Crippen LogP contribution is -2.17. The fraction of sp³-hybridized carbons (Fsp3) is 0.333. The van der Waals surface area contributed by atoms with Gasteiger partial charge in [-0.25, -0.2) is 0 Å². The number of oxime groups is 1. The summed E-state index contributed by atoms with van der Waals surface area (Å²) in [5.74, 6) is -0.221. The number of hydrogen-bond acceptors (Lipinski definition) is 4. The van der Waals surface area contributed by atoms with Crippen molar-refractivity contribution in [2.75, 3.05) is 6.61 Å². The Balaban J connectivity index is 2.71. The van der Waals surface area contributed by atoms with Crippen molar-refractivity contribution in [3.05, 3.63) is 24.0 Å². The van der Waals surface area contributed by atoms with E-state index in [1.54, 1.807) is 0 Å². The maximum absolute atomic E-state index is 11.9. The van der Waals surface area contributed by atoms with E-state index in [1.807, 2.05) is 0 Å². The van der Waals surface area contributed by atoms with Gasteiger partial charge in [-0.15, -0.1) is 0 Å². The number of hydrogen-bond donors (Lipinski definition) is 2. The van der Waals surface area contributed by atoms with Gasteiger partial charge in [-0.3, -0.25) is 4.98 Å². The van der Waals surface area contributed by atoms with E-state index in [0.29, 0.717) is 0 Å². The van der Waals surface area contributed by atoms with Gasteiger partial charge in [-0.1, -0.05) is 5.16 Å². The third kappa shape index (κ3) is 4.17. The predicted molar refractivity (Wildman–Crippen MR) is 52.9 cm³/mol. The van der Waals surface area contributed by atoms with Crippen LogP contribution in [0.1, 0.15) is 12.0 Å². The average Bonchev–Trinajstić information content (AvgIpc) is 2.27. The van der Waals surface area contributed by atoms with Gasteiger partial charge < -0.3 is 15.7 Å². The first kappa shape index (κ1) is 13.1. The molecular formula is C9H10F3N3O2. The predicted octanol–water partition coefficient (Wildman–Crippen LogP) is 1.51. The Labute approximate surface area is 94.7 Å². The highest BCUT2D eigenvalue weighted by Gasteiger charge is 2.27. The summed E-state index contributed by atoms with van der Waals surface area (Å²) in [6.45, 7) is -0.555. The highest BCUT2D eigenvalue weighted by atomic mass is 19.4. The quantitative estimate of drug-likeness (QED) is 0.367. The summed E-state index contributed by atoms with van der Waals surface area (Å²) in [5, 5.41) is 11.2. The zero-order valence-electron chi connectivity index (χ0n) is 8.61. The first-order valence-corrected chi connectivity index (χ1v) is 4.55. The molecule has 8 heteroatoms. The largest absolute Gasteiger partial charge is 0.491 e. The summed E-state index contributed by atoms with van der Waals surface area (Å²) in [4.78, 5) is 3.68. The number of pyridine rings is 1. The Morgan fingerprint density at radius 3 is 2.82 bits per heavy atom. The molecule has 3 N–H and O–H groups in total. The summed E-state index contributed by atoms with van der Waals surface area (Å²) in [6.07, 6.45) is -2.83. The molecule has 1 aromatic rings. The van der Waals surface area contributed by atoms with Crippen molar-refractivity contribution in [2.24, 2.45) is 10.9 Å². The van der Waals surface area contributed by atoms with Crippen LogP contribution in [0.15, 0.2) is 23.6 Å². The molecule has 0 saturated heterocycles. The van der Waals surface area contributed by atoms with Crippen molar-refractivity contribution in [2.45, 2.75) is 12.6 Å². The molecule has 0 aliphatic carbocycles. The van der Waals surface area contributed by atoms with Crippen molar-refractivity contribution in [3.63, 3.8) is 0 Å². The monoisotopic (exact) mass is 249 g/mol. The molecule has 0 aliphatic heterocycles. The fourth-order valence-electron chi connectivity index (χ4n) is 1.04. The third-order valence-corrected chi connectivity index (χ3v) is 1.81. The van der Waals surface area contributed by atoms with Gasteiger partial charge in [0.25, 0.3) is 0 Å². The van der Waals surface area contributed by atoms with Crippen molar-refractivity contribution < 1.29 is 23.1 Å². The molecule has 0 spiro atoms. The molecule has 0 aromatic carbocycles. The van der Waals surface area contributed by atoms with Gasteiger partial charge in [-0.05, 0) is 6.07 Å². The van der Waals surface area contributed by atoms with Gasteiger partial charge >= 0.3 is 6.18 Å². The molecule has 1 rings (SSSR count). The summed E-state index contributed by atoms with van der Waals surface area (Å²) >= 11 is 0. The zero-order chi connectivity index (χ0) is 12.9. The van der Waals surface area contributed by atoms with Gasteiger partial charge in [0.15, 0.2) is 5.84 Å². The maximum Gasteiger partial charge on any atom is 0.392 e. The lowest BCUT2D eigenvalue weighted by molar-refractivity contribution is -0.139. The molecule has 94 valence electrons. The number of rotatable bonds is 4. The van der Waals surface area contributed by atoms with Crippen LogP contribution in [0, 0.1) is 0 Å².